The number of nitrogens with zero attached hydrogens (tertiary/aromatic N) is 6. The highest BCUT2D eigenvalue weighted by atomic mass is 19.1. The summed E-state index contributed by atoms with van der Waals surface area (Å²) in [5, 5.41) is 6.78. The summed E-state index contributed by atoms with van der Waals surface area (Å²) in [4.78, 5) is 11.4. The predicted molar refractivity (Wildman–Crippen MR) is 150 cm³/mol. The highest BCUT2D eigenvalue weighted by molar-refractivity contribution is 6.00. The fourth-order valence-corrected chi connectivity index (χ4v) is 6.40. The first kappa shape index (κ1) is 25.1. The van der Waals surface area contributed by atoms with Gasteiger partial charge in [-0.3, -0.25) is 4.90 Å². The molecule has 4 heterocycles. The van der Waals surface area contributed by atoms with Crippen LogP contribution in [0.1, 0.15) is 37.3 Å². The molecule has 0 spiro atoms. The van der Waals surface area contributed by atoms with E-state index in [1.165, 1.54) is 24.5 Å². The Kier molecular flexibility index (Phi) is 6.44. The molecule has 1 saturated carbocycles. The van der Waals surface area contributed by atoms with Gasteiger partial charge in [0.1, 0.15) is 29.5 Å². The quantitative estimate of drug-likeness (QED) is 0.329. The lowest BCUT2D eigenvalue weighted by atomic mass is 9.90. The van der Waals surface area contributed by atoms with Crippen LogP contribution in [0.2, 0.25) is 0 Å². The number of halogens is 2. The van der Waals surface area contributed by atoms with Crippen molar-refractivity contribution in [1.82, 2.24) is 29.2 Å². The molecule has 2 aromatic carbocycles. The summed E-state index contributed by atoms with van der Waals surface area (Å²) in [7, 11) is 0. The van der Waals surface area contributed by atoms with Crippen LogP contribution in [0.4, 0.5) is 14.6 Å². The van der Waals surface area contributed by atoms with Gasteiger partial charge in [-0.05, 0) is 56.0 Å². The number of rotatable bonds is 5. The summed E-state index contributed by atoms with van der Waals surface area (Å²) in [5.74, 6) is -0.698. The Labute approximate surface area is 230 Å². The van der Waals surface area contributed by atoms with Crippen LogP contribution in [-0.2, 0) is 11.3 Å². The van der Waals surface area contributed by atoms with Crippen molar-refractivity contribution in [3.05, 3.63) is 72.2 Å². The number of fused-ring (bicyclic) bond motifs is 2. The van der Waals surface area contributed by atoms with Crippen molar-refractivity contribution in [3.8, 4) is 11.3 Å². The summed E-state index contributed by atoms with van der Waals surface area (Å²) in [6, 6.07) is 12.7. The van der Waals surface area contributed by atoms with Crippen LogP contribution in [0.3, 0.4) is 0 Å². The average molecular weight is 544 g/mol. The Morgan fingerprint density at radius 2 is 1.68 bits per heavy atom. The van der Waals surface area contributed by atoms with Gasteiger partial charge in [-0.1, -0.05) is 12.1 Å². The second-order valence-electron chi connectivity index (χ2n) is 10.8. The first-order valence-corrected chi connectivity index (χ1v) is 13.9. The summed E-state index contributed by atoms with van der Waals surface area (Å²) in [6.45, 7) is 3.75. The largest absolute Gasteiger partial charge is 0.383 e. The molecule has 2 fully saturated rings. The minimum absolute atomic E-state index is 0.0436. The number of benzene rings is 2. The van der Waals surface area contributed by atoms with Gasteiger partial charge in [0.15, 0.2) is 5.65 Å². The summed E-state index contributed by atoms with van der Waals surface area (Å²) >= 11 is 0. The Morgan fingerprint density at radius 1 is 0.925 bits per heavy atom. The lowest BCUT2D eigenvalue weighted by Crippen LogP contribution is -2.45. The predicted octanol–water partition coefficient (Wildman–Crippen LogP) is 5.17. The molecule has 0 radical (unpaired) electrons. The summed E-state index contributed by atoms with van der Waals surface area (Å²) in [6.07, 6.45) is 7.63. The van der Waals surface area contributed by atoms with Crippen LogP contribution >= 0.6 is 0 Å². The normalized spacial score (nSPS) is 20.4. The molecule has 206 valence electrons. The average Bonchev–Trinajstić information content (AvgIpc) is 3.58. The van der Waals surface area contributed by atoms with E-state index in [1.807, 2.05) is 35.0 Å². The molecule has 1 aliphatic carbocycles. The maximum atomic E-state index is 14.3. The molecule has 0 unspecified atom stereocenters. The first-order chi connectivity index (χ1) is 19.6. The minimum Gasteiger partial charge on any atom is -0.383 e. The molecule has 7 rings (SSSR count). The molecule has 2 N–H and O–H groups in total. The zero-order valence-electron chi connectivity index (χ0n) is 22.1. The van der Waals surface area contributed by atoms with Gasteiger partial charge in [0, 0.05) is 47.4 Å². The zero-order valence-corrected chi connectivity index (χ0v) is 22.1. The molecule has 1 aliphatic heterocycles. The number of nitrogens with two attached hydrogens (primary N) is 1. The molecule has 40 heavy (non-hydrogen) atoms. The van der Waals surface area contributed by atoms with Crippen molar-refractivity contribution in [2.45, 2.75) is 44.3 Å². The highest BCUT2D eigenvalue weighted by Gasteiger charge is 2.30. The third kappa shape index (κ3) is 4.41. The SMILES string of the molecule is Nc1ncnc2c1c(-c1ccc3c(ccn3Cc3c(F)cccc3F)c1)nn2C1CCC(N2CCOCC2)CC1. The highest BCUT2D eigenvalue weighted by Crippen LogP contribution is 2.38. The van der Waals surface area contributed by atoms with Gasteiger partial charge >= 0.3 is 0 Å². The van der Waals surface area contributed by atoms with E-state index in [-0.39, 0.29) is 18.2 Å². The van der Waals surface area contributed by atoms with Crippen LogP contribution in [0, 0.1) is 11.6 Å². The van der Waals surface area contributed by atoms with E-state index in [0.717, 1.165) is 85.2 Å². The van der Waals surface area contributed by atoms with Crippen molar-refractivity contribution in [1.29, 1.82) is 0 Å². The molecule has 2 aliphatic rings. The second kappa shape index (κ2) is 10.3. The van der Waals surface area contributed by atoms with Crippen molar-refractivity contribution >= 4 is 27.8 Å². The molecular formula is C30H31F2N7O. The van der Waals surface area contributed by atoms with Crippen molar-refractivity contribution in [3.63, 3.8) is 0 Å². The molecule has 5 aromatic rings. The van der Waals surface area contributed by atoms with E-state index in [1.54, 1.807) is 0 Å². The Hall–Kier alpha value is -3.89. The fourth-order valence-electron chi connectivity index (χ4n) is 6.40. The maximum absolute atomic E-state index is 14.3. The standard InChI is InChI=1S/C30H31F2N7O/c31-24-2-1-3-25(32)23(24)17-38-11-10-19-16-20(4-9-26(19)38)28-27-29(33)34-18-35-30(27)39(36-28)22-7-5-21(6-8-22)37-12-14-40-15-13-37/h1-4,9-11,16,18,21-22H,5-8,12-15,17H2,(H2,33,34,35). The lowest BCUT2D eigenvalue weighted by Gasteiger charge is -2.38. The number of morpholine rings is 1. The number of ether oxygens (including phenoxy) is 1. The molecule has 1 saturated heterocycles. The molecule has 0 atom stereocenters. The number of nitrogen functional groups attached to an aromatic ring is 1. The van der Waals surface area contributed by atoms with Crippen molar-refractivity contribution < 1.29 is 13.5 Å². The molecule has 0 bridgehead atoms. The fraction of sp³-hybridized carbons (Fsp3) is 0.367. The number of hydrogen-bond acceptors (Lipinski definition) is 6. The monoisotopic (exact) mass is 543 g/mol. The molecule has 10 heteroatoms. The van der Waals surface area contributed by atoms with E-state index in [4.69, 9.17) is 15.6 Å². The molecule has 0 amide bonds. The lowest BCUT2D eigenvalue weighted by molar-refractivity contribution is 0.00520. The van der Waals surface area contributed by atoms with Crippen LogP contribution in [0.25, 0.3) is 33.2 Å². The molecule has 3 aromatic heterocycles. The maximum Gasteiger partial charge on any atom is 0.164 e. The molecular weight excluding hydrogens is 512 g/mol. The third-order valence-corrected chi connectivity index (χ3v) is 8.53. The van der Waals surface area contributed by atoms with Gasteiger partial charge in [0.05, 0.1) is 31.2 Å². The van der Waals surface area contributed by atoms with Crippen LogP contribution < -0.4 is 5.73 Å². The number of aromatic nitrogens is 5. The zero-order chi connectivity index (χ0) is 27.2. The second-order valence-corrected chi connectivity index (χ2v) is 10.8. The van der Waals surface area contributed by atoms with Crippen molar-refractivity contribution in [2.75, 3.05) is 32.0 Å². The first-order valence-electron chi connectivity index (χ1n) is 13.9. The summed E-state index contributed by atoms with van der Waals surface area (Å²) < 4.78 is 38.0. The van der Waals surface area contributed by atoms with Gasteiger partial charge in [-0.15, -0.1) is 0 Å². The minimum atomic E-state index is -0.551. The van der Waals surface area contributed by atoms with E-state index in [2.05, 4.69) is 19.5 Å². The van der Waals surface area contributed by atoms with Gasteiger partial charge in [0.25, 0.3) is 0 Å². The van der Waals surface area contributed by atoms with Gasteiger partial charge < -0.3 is 15.0 Å². The topological polar surface area (TPSA) is 87.0 Å². The third-order valence-electron chi connectivity index (χ3n) is 8.53. The van der Waals surface area contributed by atoms with Gasteiger partial charge in [0.2, 0.25) is 0 Å². The molecule has 8 nitrogen and oxygen atoms in total. The van der Waals surface area contributed by atoms with E-state index in [9.17, 15) is 8.78 Å². The summed E-state index contributed by atoms with van der Waals surface area (Å²) in [5.41, 5.74) is 9.71. The van der Waals surface area contributed by atoms with E-state index < -0.39 is 11.6 Å². The van der Waals surface area contributed by atoms with Crippen LogP contribution in [0.15, 0.2) is 55.0 Å². The van der Waals surface area contributed by atoms with Crippen LogP contribution in [-0.4, -0.2) is 61.6 Å². The van der Waals surface area contributed by atoms with Crippen LogP contribution in [0.5, 0.6) is 0 Å². The van der Waals surface area contributed by atoms with E-state index >= 15 is 0 Å². The van der Waals surface area contributed by atoms with E-state index in [0.29, 0.717) is 11.9 Å². The smallest absolute Gasteiger partial charge is 0.164 e. The number of hydrogen-bond donors (Lipinski definition) is 1. The Morgan fingerprint density at radius 3 is 2.45 bits per heavy atom. The Bertz CT molecular complexity index is 1660. The Balaban J connectivity index is 1.20. The van der Waals surface area contributed by atoms with Crippen molar-refractivity contribution in [2.24, 2.45) is 0 Å². The number of anilines is 1. The van der Waals surface area contributed by atoms with Gasteiger partial charge in [-0.2, -0.15) is 5.10 Å². The van der Waals surface area contributed by atoms with Gasteiger partial charge in [-0.25, -0.2) is 23.4 Å².